The number of hydrogen-bond acceptors (Lipinski definition) is 3. The zero-order chi connectivity index (χ0) is 16.5. The molecule has 1 aromatic carbocycles. The van der Waals surface area contributed by atoms with Crippen molar-refractivity contribution in [1.82, 2.24) is 10.2 Å². The minimum atomic E-state index is -0.842. The molecule has 0 saturated heterocycles. The minimum absolute atomic E-state index is 0.0990. The van der Waals surface area contributed by atoms with Gasteiger partial charge in [-0.25, -0.2) is 0 Å². The smallest absolute Gasteiger partial charge is 0.320 e. The first-order chi connectivity index (χ1) is 10.5. The lowest BCUT2D eigenvalue weighted by molar-refractivity contribution is -0.142. The molecule has 2 unspecified atom stereocenters. The molecule has 0 aliphatic carbocycles. The second kappa shape index (κ2) is 9.20. The van der Waals surface area contributed by atoms with Gasteiger partial charge in [-0.3, -0.25) is 14.5 Å². The summed E-state index contributed by atoms with van der Waals surface area (Å²) in [6, 6.07) is 9.55. The van der Waals surface area contributed by atoms with Crippen LogP contribution in [-0.4, -0.2) is 47.6 Å². The summed E-state index contributed by atoms with van der Waals surface area (Å²) in [6.45, 7) is 6.90. The Bertz CT molecular complexity index is 476. The molecule has 0 aliphatic heterocycles. The lowest BCUT2D eigenvalue weighted by Gasteiger charge is -2.30. The Morgan fingerprint density at radius 1 is 1.27 bits per heavy atom. The minimum Gasteiger partial charge on any atom is -0.480 e. The van der Waals surface area contributed by atoms with E-state index in [2.05, 4.69) is 24.4 Å². The van der Waals surface area contributed by atoms with Crippen molar-refractivity contribution in [1.29, 1.82) is 0 Å². The summed E-state index contributed by atoms with van der Waals surface area (Å²) in [5.74, 6) is -0.663. The highest BCUT2D eigenvalue weighted by Gasteiger charge is 2.23. The van der Waals surface area contributed by atoms with Crippen LogP contribution in [-0.2, 0) is 9.59 Å². The SMILES string of the molecule is CCC(CN(CCNC(C)=O)C(C)C(=O)O)c1ccccc1. The van der Waals surface area contributed by atoms with E-state index in [0.717, 1.165) is 6.42 Å². The molecule has 2 N–H and O–H groups in total. The molecule has 1 aromatic rings. The number of carboxylic acids is 1. The summed E-state index contributed by atoms with van der Waals surface area (Å²) in [6.07, 6.45) is 0.937. The second-order valence-corrected chi connectivity index (χ2v) is 5.51. The van der Waals surface area contributed by atoms with Gasteiger partial charge in [-0.05, 0) is 24.8 Å². The van der Waals surface area contributed by atoms with Crippen molar-refractivity contribution >= 4 is 11.9 Å². The summed E-state index contributed by atoms with van der Waals surface area (Å²) in [7, 11) is 0. The molecule has 5 heteroatoms. The number of carboxylic acid groups (broad SMARTS) is 1. The summed E-state index contributed by atoms with van der Waals surface area (Å²) in [5, 5.41) is 12.0. The first-order valence-corrected chi connectivity index (χ1v) is 7.72. The van der Waals surface area contributed by atoms with Crippen molar-refractivity contribution in [3.05, 3.63) is 35.9 Å². The standard InChI is InChI=1S/C17H26N2O3/c1-4-15(16-8-6-5-7-9-16)12-19(13(2)17(21)22)11-10-18-14(3)20/h5-9,13,15H,4,10-12H2,1-3H3,(H,18,20)(H,21,22). The third-order valence-corrected chi connectivity index (χ3v) is 3.90. The Morgan fingerprint density at radius 3 is 2.41 bits per heavy atom. The van der Waals surface area contributed by atoms with Gasteiger partial charge in [0, 0.05) is 26.6 Å². The highest BCUT2D eigenvalue weighted by Crippen LogP contribution is 2.21. The first-order valence-electron chi connectivity index (χ1n) is 7.72. The van der Waals surface area contributed by atoms with Crippen LogP contribution in [0.2, 0.25) is 0 Å². The fraction of sp³-hybridized carbons (Fsp3) is 0.529. The van der Waals surface area contributed by atoms with Gasteiger partial charge in [0.05, 0.1) is 0 Å². The molecule has 0 fully saturated rings. The molecule has 0 aromatic heterocycles. The molecule has 5 nitrogen and oxygen atoms in total. The summed E-state index contributed by atoms with van der Waals surface area (Å²) in [5.41, 5.74) is 1.21. The van der Waals surface area contributed by atoms with Gasteiger partial charge in [-0.2, -0.15) is 0 Å². The third-order valence-electron chi connectivity index (χ3n) is 3.90. The van der Waals surface area contributed by atoms with Gasteiger partial charge >= 0.3 is 5.97 Å². The molecule has 122 valence electrons. The Hall–Kier alpha value is -1.88. The van der Waals surface area contributed by atoms with E-state index in [-0.39, 0.29) is 11.8 Å². The average molecular weight is 306 g/mol. The van der Waals surface area contributed by atoms with Crippen LogP contribution in [0.3, 0.4) is 0 Å². The van der Waals surface area contributed by atoms with E-state index >= 15 is 0 Å². The lowest BCUT2D eigenvalue weighted by Crippen LogP contribution is -2.45. The predicted molar refractivity (Wildman–Crippen MR) is 86.8 cm³/mol. The maximum atomic E-state index is 11.3. The molecule has 1 amide bonds. The first kappa shape index (κ1) is 18.2. The van der Waals surface area contributed by atoms with Crippen molar-refractivity contribution in [2.75, 3.05) is 19.6 Å². The molecule has 22 heavy (non-hydrogen) atoms. The van der Waals surface area contributed by atoms with Gasteiger partial charge in [0.1, 0.15) is 6.04 Å². The fourth-order valence-corrected chi connectivity index (χ4v) is 2.45. The summed E-state index contributed by atoms with van der Waals surface area (Å²) < 4.78 is 0. The van der Waals surface area contributed by atoms with Crippen molar-refractivity contribution in [2.45, 2.75) is 39.2 Å². The van der Waals surface area contributed by atoms with Crippen molar-refractivity contribution in [2.24, 2.45) is 0 Å². The maximum Gasteiger partial charge on any atom is 0.320 e. The van der Waals surface area contributed by atoms with E-state index in [1.165, 1.54) is 12.5 Å². The zero-order valence-electron chi connectivity index (χ0n) is 13.6. The molecule has 2 atom stereocenters. The number of rotatable bonds is 9. The van der Waals surface area contributed by atoms with Crippen LogP contribution < -0.4 is 5.32 Å². The Kier molecular flexibility index (Phi) is 7.60. The molecular weight excluding hydrogens is 280 g/mol. The molecule has 0 aliphatic rings. The van der Waals surface area contributed by atoms with Crippen LogP contribution >= 0.6 is 0 Å². The molecule has 0 heterocycles. The van der Waals surface area contributed by atoms with Crippen LogP contribution in [0.25, 0.3) is 0 Å². The van der Waals surface area contributed by atoms with E-state index in [4.69, 9.17) is 0 Å². The topological polar surface area (TPSA) is 69.6 Å². The number of benzene rings is 1. The quantitative estimate of drug-likeness (QED) is 0.733. The van der Waals surface area contributed by atoms with Crippen molar-refractivity contribution in [3.8, 4) is 0 Å². The van der Waals surface area contributed by atoms with Gasteiger partial charge in [0.25, 0.3) is 0 Å². The number of amides is 1. The molecule has 0 bridgehead atoms. The van der Waals surface area contributed by atoms with Crippen molar-refractivity contribution < 1.29 is 14.7 Å². The van der Waals surface area contributed by atoms with Crippen LogP contribution in [0.15, 0.2) is 30.3 Å². The van der Waals surface area contributed by atoms with E-state index in [0.29, 0.717) is 19.6 Å². The van der Waals surface area contributed by atoms with Crippen LogP contribution in [0.1, 0.15) is 38.7 Å². The van der Waals surface area contributed by atoms with Gasteiger partial charge < -0.3 is 10.4 Å². The molecule has 0 spiro atoms. The van der Waals surface area contributed by atoms with E-state index in [1.807, 2.05) is 23.1 Å². The van der Waals surface area contributed by atoms with Crippen LogP contribution in [0.4, 0.5) is 0 Å². The van der Waals surface area contributed by atoms with Crippen LogP contribution in [0, 0.1) is 0 Å². The van der Waals surface area contributed by atoms with E-state index in [9.17, 15) is 14.7 Å². The number of hydrogen-bond donors (Lipinski definition) is 2. The number of nitrogens with one attached hydrogen (secondary N) is 1. The zero-order valence-corrected chi connectivity index (χ0v) is 13.6. The number of carbonyl (C=O) groups is 2. The van der Waals surface area contributed by atoms with Crippen LogP contribution in [0.5, 0.6) is 0 Å². The van der Waals surface area contributed by atoms with Gasteiger partial charge in [0.2, 0.25) is 5.91 Å². The highest BCUT2D eigenvalue weighted by atomic mass is 16.4. The van der Waals surface area contributed by atoms with Crippen molar-refractivity contribution in [3.63, 3.8) is 0 Å². The summed E-state index contributed by atoms with van der Waals surface area (Å²) in [4.78, 5) is 24.2. The average Bonchev–Trinajstić information content (AvgIpc) is 2.50. The molecule has 1 rings (SSSR count). The number of nitrogens with zero attached hydrogens (tertiary/aromatic N) is 1. The second-order valence-electron chi connectivity index (χ2n) is 5.51. The van der Waals surface area contributed by atoms with Gasteiger partial charge in [-0.1, -0.05) is 37.3 Å². The van der Waals surface area contributed by atoms with E-state index in [1.54, 1.807) is 6.92 Å². The number of carbonyl (C=O) groups excluding carboxylic acids is 1. The monoisotopic (exact) mass is 306 g/mol. The molecule has 0 radical (unpaired) electrons. The Labute approximate surface area is 132 Å². The highest BCUT2D eigenvalue weighted by molar-refractivity contribution is 5.73. The van der Waals surface area contributed by atoms with Gasteiger partial charge in [0.15, 0.2) is 0 Å². The normalized spacial score (nSPS) is 13.6. The maximum absolute atomic E-state index is 11.3. The van der Waals surface area contributed by atoms with E-state index < -0.39 is 12.0 Å². The lowest BCUT2D eigenvalue weighted by atomic mass is 9.95. The largest absolute Gasteiger partial charge is 0.480 e. The fourth-order valence-electron chi connectivity index (χ4n) is 2.45. The number of aliphatic carboxylic acids is 1. The molecule has 0 saturated carbocycles. The van der Waals surface area contributed by atoms with Gasteiger partial charge in [-0.15, -0.1) is 0 Å². The Balaban J connectivity index is 2.76. The third kappa shape index (κ3) is 5.85. The Morgan fingerprint density at radius 2 is 1.91 bits per heavy atom. The molecular formula is C17H26N2O3. The predicted octanol–water partition coefficient (Wildman–Crippen LogP) is 2.09. The summed E-state index contributed by atoms with van der Waals surface area (Å²) >= 11 is 0.